The molecule has 4 heteroatoms. The first kappa shape index (κ1) is 9.65. The third kappa shape index (κ3) is 1.66. The van der Waals surface area contributed by atoms with Gasteiger partial charge in [0.05, 0.1) is 6.20 Å². The molecule has 2 rings (SSSR count). The Morgan fingerprint density at radius 3 is 2.71 bits per heavy atom. The van der Waals surface area contributed by atoms with Gasteiger partial charge in [-0.25, -0.2) is 9.97 Å². The Kier molecular flexibility index (Phi) is 2.10. The van der Waals surface area contributed by atoms with Gasteiger partial charge in [0, 0.05) is 11.5 Å². The van der Waals surface area contributed by atoms with E-state index in [0.717, 1.165) is 11.3 Å². The number of nitrogens with zero attached hydrogens (tertiary/aromatic N) is 2. The standard InChI is InChI=1S/C10H11BrN2O/c1-10(2,3)9-12-5-7-6(13-9)4-8(11)14-7/h4-5H,1-3H3. The maximum Gasteiger partial charge on any atom is 0.172 e. The van der Waals surface area contributed by atoms with E-state index in [1.165, 1.54) is 0 Å². The maximum atomic E-state index is 5.33. The van der Waals surface area contributed by atoms with Gasteiger partial charge in [-0.3, -0.25) is 0 Å². The highest BCUT2D eigenvalue weighted by atomic mass is 79.9. The lowest BCUT2D eigenvalue weighted by Gasteiger charge is -2.15. The third-order valence-corrected chi connectivity index (χ3v) is 2.30. The molecule has 74 valence electrons. The van der Waals surface area contributed by atoms with Crippen molar-refractivity contribution in [1.29, 1.82) is 0 Å². The van der Waals surface area contributed by atoms with Crippen LogP contribution in [0.4, 0.5) is 0 Å². The van der Waals surface area contributed by atoms with E-state index in [1.807, 2.05) is 6.07 Å². The number of hydrogen-bond donors (Lipinski definition) is 0. The van der Waals surface area contributed by atoms with Gasteiger partial charge in [0.1, 0.15) is 11.3 Å². The SMILES string of the molecule is CC(C)(C)c1ncc2oc(Br)cc2n1. The number of fused-ring (bicyclic) bond motifs is 1. The van der Waals surface area contributed by atoms with Crippen LogP contribution in [0.5, 0.6) is 0 Å². The number of aromatic nitrogens is 2. The molecule has 0 aliphatic heterocycles. The predicted octanol–water partition coefficient (Wildman–Crippen LogP) is 3.28. The summed E-state index contributed by atoms with van der Waals surface area (Å²) in [5, 5.41) is 0. The van der Waals surface area contributed by atoms with Crippen molar-refractivity contribution >= 4 is 27.0 Å². The molecule has 0 saturated heterocycles. The van der Waals surface area contributed by atoms with Crippen molar-refractivity contribution in [3.8, 4) is 0 Å². The lowest BCUT2D eigenvalue weighted by molar-refractivity contribution is 0.544. The van der Waals surface area contributed by atoms with E-state index in [0.29, 0.717) is 10.3 Å². The van der Waals surface area contributed by atoms with Crippen molar-refractivity contribution in [1.82, 2.24) is 9.97 Å². The highest BCUT2D eigenvalue weighted by Gasteiger charge is 2.18. The van der Waals surface area contributed by atoms with Crippen LogP contribution in [-0.2, 0) is 5.41 Å². The molecular formula is C10H11BrN2O. The van der Waals surface area contributed by atoms with Crippen molar-refractivity contribution in [2.45, 2.75) is 26.2 Å². The third-order valence-electron chi connectivity index (χ3n) is 1.91. The molecule has 3 nitrogen and oxygen atoms in total. The van der Waals surface area contributed by atoms with Gasteiger partial charge in [-0.2, -0.15) is 0 Å². The van der Waals surface area contributed by atoms with Crippen LogP contribution in [0.1, 0.15) is 26.6 Å². The van der Waals surface area contributed by atoms with Gasteiger partial charge >= 0.3 is 0 Å². The van der Waals surface area contributed by atoms with Crippen LogP contribution >= 0.6 is 15.9 Å². The molecule has 0 aliphatic carbocycles. The Morgan fingerprint density at radius 1 is 1.36 bits per heavy atom. The molecule has 0 N–H and O–H groups in total. The Labute approximate surface area is 90.7 Å². The second-order valence-electron chi connectivity index (χ2n) is 4.24. The quantitative estimate of drug-likeness (QED) is 0.725. The second-order valence-corrected chi connectivity index (χ2v) is 5.03. The van der Waals surface area contributed by atoms with Gasteiger partial charge in [0.15, 0.2) is 10.3 Å². The first-order valence-corrected chi connectivity index (χ1v) is 5.19. The Hall–Kier alpha value is -0.900. The molecule has 0 saturated carbocycles. The number of hydrogen-bond acceptors (Lipinski definition) is 3. The summed E-state index contributed by atoms with van der Waals surface area (Å²) >= 11 is 3.27. The van der Waals surface area contributed by atoms with Gasteiger partial charge in [0.25, 0.3) is 0 Å². The molecule has 0 radical (unpaired) electrons. The highest BCUT2D eigenvalue weighted by molar-refractivity contribution is 9.10. The largest absolute Gasteiger partial charge is 0.446 e. The summed E-state index contributed by atoms with van der Waals surface area (Å²) in [6.45, 7) is 6.26. The maximum absolute atomic E-state index is 5.33. The fourth-order valence-electron chi connectivity index (χ4n) is 1.17. The van der Waals surface area contributed by atoms with E-state index in [-0.39, 0.29) is 5.41 Å². The minimum atomic E-state index is -0.0298. The van der Waals surface area contributed by atoms with Gasteiger partial charge in [-0.1, -0.05) is 20.8 Å². The lowest BCUT2D eigenvalue weighted by atomic mass is 9.96. The summed E-state index contributed by atoms with van der Waals surface area (Å²) in [6.07, 6.45) is 1.72. The summed E-state index contributed by atoms with van der Waals surface area (Å²) < 4.78 is 6.02. The fraction of sp³-hybridized carbons (Fsp3) is 0.400. The minimum Gasteiger partial charge on any atom is -0.446 e. The average molecular weight is 255 g/mol. The van der Waals surface area contributed by atoms with Crippen LogP contribution in [0, 0.1) is 0 Å². The van der Waals surface area contributed by atoms with E-state index in [4.69, 9.17) is 4.42 Å². The molecule has 0 atom stereocenters. The number of rotatable bonds is 0. The Bertz CT molecular complexity index is 470. The molecule has 2 heterocycles. The number of furan rings is 1. The van der Waals surface area contributed by atoms with E-state index in [9.17, 15) is 0 Å². The average Bonchev–Trinajstić information content (AvgIpc) is 2.41. The molecule has 14 heavy (non-hydrogen) atoms. The molecular weight excluding hydrogens is 244 g/mol. The van der Waals surface area contributed by atoms with Gasteiger partial charge in [-0.05, 0) is 15.9 Å². The first-order chi connectivity index (χ1) is 6.47. The van der Waals surface area contributed by atoms with Crippen molar-refractivity contribution in [2.24, 2.45) is 0 Å². The summed E-state index contributed by atoms with van der Waals surface area (Å²) in [4.78, 5) is 8.70. The zero-order chi connectivity index (χ0) is 10.3. The second kappa shape index (κ2) is 3.05. The topological polar surface area (TPSA) is 38.9 Å². The van der Waals surface area contributed by atoms with Crippen LogP contribution < -0.4 is 0 Å². The Balaban J connectivity index is 2.62. The molecule has 0 spiro atoms. The highest BCUT2D eigenvalue weighted by Crippen LogP contribution is 2.24. The molecule has 2 aromatic heterocycles. The zero-order valence-electron chi connectivity index (χ0n) is 8.34. The monoisotopic (exact) mass is 254 g/mol. The van der Waals surface area contributed by atoms with E-state index in [1.54, 1.807) is 6.20 Å². The molecule has 0 amide bonds. The van der Waals surface area contributed by atoms with E-state index >= 15 is 0 Å². The first-order valence-electron chi connectivity index (χ1n) is 4.39. The molecule has 0 fully saturated rings. The van der Waals surface area contributed by atoms with Crippen LogP contribution in [0.2, 0.25) is 0 Å². The normalized spacial score (nSPS) is 12.3. The molecule has 0 bridgehead atoms. The van der Waals surface area contributed by atoms with Crippen molar-refractivity contribution in [2.75, 3.05) is 0 Å². The lowest BCUT2D eigenvalue weighted by Crippen LogP contribution is -2.15. The summed E-state index contributed by atoms with van der Waals surface area (Å²) in [6, 6.07) is 1.85. The van der Waals surface area contributed by atoms with Crippen molar-refractivity contribution in [3.63, 3.8) is 0 Å². The van der Waals surface area contributed by atoms with Crippen molar-refractivity contribution in [3.05, 3.63) is 22.8 Å². The van der Waals surface area contributed by atoms with Gasteiger partial charge in [0.2, 0.25) is 0 Å². The molecule has 0 unspecified atom stereocenters. The van der Waals surface area contributed by atoms with Crippen molar-refractivity contribution < 1.29 is 4.42 Å². The van der Waals surface area contributed by atoms with Crippen LogP contribution in [0.15, 0.2) is 21.3 Å². The van der Waals surface area contributed by atoms with Gasteiger partial charge < -0.3 is 4.42 Å². The smallest absolute Gasteiger partial charge is 0.172 e. The summed E-state index contributed by atoms with van der Waals surface area (Å²) in [7, 11) is 0. The summed E-state index contributed by atoms with van der Waals surface area (Å²) in [5.74, 6) is 0.832. The number of halogens is 1. The molecule has 2 aromatic rings. The summed E-state index contributed by atoms with van der Waals surface area (Å²) in [5.41, 5.74) is 1.53. The van der Waals surface area contributed by atoms with Crippen LogP contribution in [0.25, 0.3) is 11.1 Å². The predicted molar refractivity (Wildman–Crippen MR) is 58.2 cm³/mol. The van der Waals surface area contributed by atoms with Crippen LogP contribution in [-0.4, -0.2) is 9.97 Å². The van der Waals surface area contributed by atoms with Gasteiger partial charge in [-0.15, -0.1) is 0 Å². The minimum absolute atomic E-state index is 0.0298. The van der Waals surface area contributed by atoms with E-state index in [2.05, 4.69) is 46.7 Å². The Morgan fingerprint density at radius 2 is 2.07 bits per heavy atom. The zero-order valence-corrected chi connectivity index (χ0v) is 9.92. The molecule has 0 aliphatic rings. The van der Waals surface area contributed by atoms with Crippen LogP contribution in [0.3, 0.4) is 0 Å². The fourth-order valence-corrected chi connectivity index (χ4v) is 1.56. The van der Waals surface area contributed by atoms with E-state index < -0.39 is 0 Å². The molecule has 0 aromatic carbocycles.